The molecule has 128 valence electrons. The van der Waals surface area contributed by atoms with Crippen LogP contribution in [0, 0.1) is 0 Å². The summed E-state index contributed by atoms with van der Waals surface area (Å²) >= 11 is 0. The molecule has 0 spiro atoms. The van der Waals surface area contributed by atoms with Gasteiger partial charge >= 0.3 is 11.8 Å². The van der Waals surface area contributed by atoms with E-state index in [1.165, 1.54) is 14.0 Å². The first-order chi connectivity index (χ1) is 11.6. The molecule has 9 heteroatoms. The maximum atomic E-state index is 11.7. The highest BCUT2D eigenvalue weighted by molar-refractivity contribution is 5.89. The third-order valence-electron chi connectivity index (χ3n) is 2.78. The summed E-state index contributed by atoms with van der Waals surface area (Å²) in [5.41, 5.74) is 0.617. The molecule has 0 radical (unpaired) electrons. The second-order valence-corrected chi connectivity index (χ2v) is 4.76. The highest BCUT2D eigenvalue weighted by Gasteiger charge is 2.14. The molecule has 2 N–H and O–H groups in total. The molecule has 0 atom stereocenters. The summed E-state index contributed by atoms with van der Waals surface area (Å²) in [6.07, 6.45) is 0. The predicted octanol–water partition coefficient (Wildman–Crippen LogP) is 0.983. The molecule has 9 nitrogen and oxygen atoms in total. The Bertz CT molecular complexity index is 701. The van der Waals surface area contributed by atoms with E-state index in [4.69, 9.17) is 14.0 Å². The van der Waals surface area contributed by atoms with Gasteiger partial charge in [0.1, 0.15) is 5.75 Å². The number of benzene rings is 1. The number of ether oxygens (including phenoxy) is 2. The normalized spacial score (nSPS) is 10.2. The van der Waals surface area contributed by atoms with E-state index >= 15 is 0 Å². The Morgan fingerprint density at radius 3 is 2.92 bits per heavy atom. The Hall–Kier alpha value is -2.94. The van der Waals surface area contributed by atoms with Crippen LogP contribution in [0.3, 0.4) is 0 Å². The van der Waals surface area contributed by atoms with Crippen LogP contribution in [-0.4, -0.2) is 42.2 Å². The maximum absolute atomic E-state index is 11.7. The zero-order valence-corrected chi connectivity index (χ0v) is 13.4. The van der Waals surface area contributed by atoms with Crippen molar-refractivity contribution in [3.8, 4) is 5.75 Å². The lowest BCUT2D eigenvalue weighted by Gasteiger charge is -2.06. The summed E-state index contributed by atoms with van der Waals surface area (Å²) in [6, 6.07) is 6.88. The highest BCUT2D eigenvalue weighted by atomic mass is 16.5. The van der Waals surface area contributed by atoms with Crippen LogP contribution in [0.25, 0.3) is 0 Å². The molecule has 2 amide bonds. The van der Waals surface area contributed by atoms with Crippen LogP contribution < -0.4 is 15.4 Å². The number of carbonyl (C=O) groups is 2. The van der Waals surface area contributed by atoms with E-state index < -0.39 is 5.91 Å². The summed E-state index contributed by atoms with van der Waals surface area (Å²) in [7, 11) is 1.54. The van der Waals surface area contributed by atoms with Gasteiger partial charge in [0.25, 0.3) is 0 Å². The third kappa shape index (κ3) is 5.36. The van der Waals surface area contributed by atoms with Gasteiger partial charge in [0.05, 0.1) is 6.61 Å². The second kappa shape index (κ2) is 8.63. The zero-order chi connectivity index (χ0) is 17.4. The maximum Gasteiger partial charge on any atom is 0.316 e. The summed E-state index contributed by atoms with van der Waals surface area (Å²) < 4.78 is 15.2. The molecule has 1 heterocycles. The molecular weight excluding hydrogens is 316 g/mol. The standard InChI is InChI=1S/C15H18N4O5/c1-10(20)17-11-4-3-5-12(8-11)23-9-13-18-15(24-19-13)14(21)16-6-7-22-2/h3-5,8H,6-7,9H2,1-2H3,(H,16,21)(H,17,20). The number of amides is 2. The Balaban J connectivity index is 1.88. The van der Waals surface area contributed by atoms with Crippen LogP contribution >= 0.6 is 0 Å². The van der Waals surface area contributed by atoms with Crippen molar-refractivity contribution in [2.45, 2.75) is 13.5 Å². The lowest BCUT2D eigenvalue weighted by atomic mass is 10.3. The number of methoxy groups -OCH3 is 1. The van der Waals surface area contributed by atoms with Crippen LogP contribution in [0.15, 0.2) is 28.8 Å². The van der Waals surface area contributed by atoms with E-state index in [1.54, 1.807) is 24.3 Å². The van der Waals surface area contributed by atoms with E-state index in [0.29, 0.717) is 24.6 Å². The second-order valence-electron chi connectivity index (χ2n) is 4.76. The number of nitrogens with one attached hydrogen (secondary N) is 2. The number of carbonyl (C=O) groups excluding carboxylic acids is 2. The van der Waals surface area contributed by atoms with Crippen molar-refractivity contribution >= 4 is 17.5 Å². The average Bonchev–Trinajstić information content (AvgIpc) is 3.02. The van der Waals surface area contributed by atoms with Crippen LogP contribution in [-0.2, 0) is 16.1 Å². The molecule has 0 saturated heterocycles. The van der Waals surface area contributed by atoms with Crippen LogP contribution in [0.2, 0.25) is 0 Å². The largest absolute Gasteiger partial charge is 0.485 e. The minimum atomic E-state index is -0.474. The van der Waals surface area contributed by atoms with Gasteiger partial charge in [-0.3, -0.25) is 9.59 Å². The molecule has 1 aromatic heterocycles. The van der Waals surface area contributed by atoms with Gasteiger partial charge in [-0.15, -0.1) is 0 Å². The van der Waals surface area contributed by atoms with Gasteiger partial charge in [-0.2, -0.15) is 4.98 Å². The van der Waals surface area contributed by atoms with Crippen molar-refractivity contribution in [1.82, 2.24) is 15.5 Å². The van der Waals surface area contributed by atoms with Crippen molar-refractivity contribution < 1.29 is 23.6 Å². The molecule has 0 fully saturated rings. The number of aromatic nitrogens is 2. The molecule has 0 bridgehead atoms. The summed E-state index contributed by atoms with van der Waals surface area (Å²) in [4.78, 5) is 26.7. The fraction of sp³-hybridized carbons (Fsp3) is 0.333. The van der Waals surface area contributed by atoms with Gasteiger partial charge in [-0.05, 0) is 12.1 Å². The van der Waals surface area contributed by atoms with Crippen LogP contribution in [0.4, 0.5) is 5.69 Å². The van der Waals surface area contributed by atoms with E-state index in [1.807, 2.05) is 0 Å². The number of rotatable bonds is 8. The average molecular weight is 334 g/mol. The lowest BCUT2D eigenvalue weighted by molar-refractivity contribution is -0.114. The summed E-state index contributed by atoms with van der Waals surface area (Å²) in [5, 5.41) is 8.90. The van der Waals surface area contributed by atoms with Crippen molar-refractivity contribution in [3.05, 3.63) is 36.0 Å². The molecule has 0 unspecified atom stereocenters. The molecule has 0 saturated carbocycles. The molecule has 0 aliphatic heterocycles. The highest BCUT2D eigenvalue weighted by Crippen LogP contribution is 2.18. The van der Waals surface area contributed by atoms with E-state index in [2.05, 4.69) is 20.8 Å². The fourth-order valence-electron chi connectivity index (χ4n) is 1.76. The predicted molar refractivity (Wildman–Crippen MR) is 83.6 cm³/mol. The first-order valence-corrected chi connectivity index (χ1v) is 7.18. The van der Waals surface area contributed by atoms with Gasteiger partial charge in [0.2, 0.25) is 11.7 Å². The van der Waals surface area contributed by atoms with Crippen molar-refractivity contribution in [2.24, 2.45) is 0 Å². The molecule has 2 rings (SSSR count). The van der Waals surface area contributed by atoms with Crippen LogP contribution in [0.5, 0.6) is 5.75 Å². The monoisotopic (exact) mass is 334 g/mol. The molecule has 2 aromatic rings. The number of anilines is 1. The Morgan fingerprint density at radius 1 is 1.33 bits per heavy atom. The smallest absolute Gasteiger partial charge is 0.316 e. The molecule has 0 aliphatic carbocycles. The van der Waals surface area contributed by atoms with Gasteiger partial charge in [-0.1, -0.05) is 11.2 Å². The van der Waals surface area contributed by atoms with Crippen LogP contribution in [0.1, 0.15) is 23.4 Å². The van der Waals surface area contributed by atoms with Crippen molar-refractivity contribution in [1.29, 1.82) is 0 Å². The number of hydrogen-bond acceptors (Lipinski definition) is 7. The topological polar surface area (TPSA) is 116 Å². The van der Waals surface area contributed by atoms with Crippen molar-refractivity contribution in [3.63, 3.8) is 0 Å². The van der Waals surface area contributed by atoms with E-state index in [-0.39, 0.29) is 24.2 Å². The number of nitrogens with zero attached hydrogens (tertiary/aromatic N) is 2. The van der Waals surface area contributed by atoms with E-state index in [9.17, 15) is 9.59 Å². The Labute approximate surface area is 138 Å². The zero-order valence-electron chi connectivity index (χ0n) is 13.4. The first kappa shape index (κ1) is 17.4. The third-order valence-corrected chi connectivity index (χ3v) is 2.78. The number of hydrogen-bond donors (Lipinski definition) is 2. The molecular formula is C15H18N4O5. The van der Waals surface area contributed by atoms with Gasteiger partial charge in [-0.25, -0.2) is 0 Å². The molecule has 24 heavy (non-hydrogen) atoms. The van der Waals surface area contributed by atoms with Gasteiger partial charge in [0.15, 0.2) is 6.61 Å². The van der Waals surface area contributed by atoms with Crippen molar-refractivity contribution in [2.75, 3.05) is 25.6 Å². The first-order valence-electron chi connectivity index (χ1n) is 7.18. The minimum Gasteiger partial charge on any atom is -0.485 e. The summed E-state index contributed by atoms with van der Waals surface area (Å²) in [5.74, 6) is -0.0291. The molecule has 1 aromatic carbocycles. The Morgan fingerprint density at radius 2 is 2.17 bits per heavy atom. The summed E-state index contributed by atoms with van der Waals surface area (Å²) in [6.45, 7) is 2.18. The SMILES string of the molecule is COCCNC(=O)c1nc(COc2cccc(NC(C)=O)c2)no1. The lowest BCUT2D eigenvalue weighted by Crippen LogP contribution is -2.27. The van der Waals surface area contributed by atoms with Gasteiger partial charge in [0, 0.05) is 32.3 Å². The quantitative estimate of drug-likeness (QED) is 0.691. The van der Waals surface area contributed by atoms with E-state index in [0.717, 1.165) is 0 Å². The molecule has 0 aliphatic rings. The minimum absolute atomic E-state index is 0.0262. The van der Waals surface area contributed by atoms with Gasteiger partial charge < -0.3 is 24.6 Å². The Kier molecular flexibility index (Phi) is 6.26. The fourth-order valence-corrected chi connectivity index (χ4v) is 1.76.